The zero-order valence-electron chi connectivity index (χ0n) is 5.24. The summed E-state index contributed by atoms with van der Waals surface area (Å²) in [6.07, 6.45) is -0.167. The maximum absolute atomic E-state index is 8.06. The average molecular weight is 197 g/mol. The molecule has 9 heavy (non-hydrogen) atoms. The maximum Gasteiger partial charge on any atom is 0.180 e. The minimum Gasteiger partial charge on any atom is -0.412 e. The Morgan fingerprint density at radius 3 is 1.11 bits per heavy atom. The first-order valence-electron chi connectivity index (χ1n) is 2.07. The molecule has 5 heteroatoms. The van der Waals surface area contributed by atoms with Gasteiger partial charge in [0.25, 0.3) is 0 Å². The Morgan fingerprint density at radius 1 is 1.11 bits per heavy atom. The lowest BCUT2D eigenvalue weighted by Gasteiger charge is -1.80. The van der Waals surface area contributed by atoms with Gasteiger partial charge in [0, 0.05) is 6.10 Å². The molecule has 0 atom stereocenters. The van der Waals surface area contributed by atoms with Gasteiger partial charge < -0.3 is 10.6 Å². The molecule has 0 unspecified atom stereocenters. The fourth-order valence-electron chi connectivity index (χ4n) is 0. The summed E-state index contributed by atoms with van der Waals surface area (Å²) in [4.78, 5) is 0. The van der Waals surface area contributed by atoms with E-state index in [4.69, 9.17) is 39.9 Å². The summed E-state index contributed by atoms with van der Waals surface area (Å²) in [5.74, 6) is 0. The first kappa shape index (κ1) is 16.4. The Morgan fingerprint density at radius 2 is 1.11 bits per heavy atom. The Bertz CT molecular complexity index is 29.3. The van der Waals surface area contributed by atoms with Crippen molar-refractivity contribution in [1.82, 2.24) is 0 Å². The Balaban J connectivity index is -0.0000000720. The van der Waals surface area contributed by atoms with E-state index in [0.717, 1.165) is 0 Å². The molecular formula is C4H11Cl3O2. The van der Waals surface area contributed by atoms with Gasteiger partial charge in [-0.15, -0.1) is 0 Å². The molecule has 60 valence electrons. The largest absolute Gasteiger partial charge is 0.412 e. The zero-order valence-corrected chi connectivity index (χ0v) is 7.50. The first-order chi connectivity index (χ1) is 3.46. The van der Waals surface area contributed by atoms with E-state index in [1.165, 1.54) is 0 Å². The number of aliphatic hydroxyl groups excluding tert-OH is 1. The van der Waals surface area contributed by atoms with Crippen molar-refractivity contribution in [3.63, 3.8) is 0 Å². The molecule has 0 aromatic heterocycles. The lowest BCUT2D eigenvalue weighted by atomic mass is 10.5. The van der Waals surface area contributed by atoms with Gasteiger partial charge in [0.1, 0.15) is 0 Å². The Hall–Kier alpha value is 0.790. The van der Waals surface area contributed by atoms with Crippen LogP contribution in [-0.2, 0) is 0 Å². The highest BCUT2D eigenvalue weighted by Crippen LogP contribution is 2.03. The molecule has 0 aliphatic carbocycles. The highest BCUT2D eigenvalue weighted by Gasteiger charge is 1.78. The summed E-state index contributed by atoms with van der Waals surface area (Å²) >= 11 is 14.4. The van der Waals surface area contributed by atoms with Crippen molar-refractivity contribution in [1.29, 1.82) is 0 Å². The summed E-state index contributed by atoms with van der Waals surface area (Å²) in [6.45, 7) is 3.44. The number of rotatable bonds is 0. The van der Waals surface area contributed by atoms with Crippen LogP contribution in [0.15, 0.2) is 0 Å². The quantitative estimate of drug-likeness (QED) is 0.589. The fraction of sp³-hybridized carbons (Fsp3) is 1.00. The predicted octanol–water partition coefficient (Wildman–Crippen LogP) is 1.55. The summed E-state index contributed by atoms with van der Waals surface area (Å²) in [5, 5.41) is 8.06. The second-order valence-electron chi connectivity index (χ2n) is 1.34. The standard InChI is InChI=1S/C3H8O.CHCl3.H2O/c1-3(2)4;2-1(3)4;/h3-4H,1-2H3;1H;1H2. The van der Waals surface area contributed by atoms with E-state index in [1.54, 1.807) is 13.8 Å². The summed E-state index contributed by atoms with van der Waals surface area (Å²) in [7, 11) is 0. The maximum atomic E-state index is 8.06. The summed E-state index contributed by atoms with van der Waals surface area (Å²) in [5.41, 5.74) is 0. The highest BCUT2D eigenvalue weighted by molar-refractivity contribution is 6.63. The monoisotopic (exact) mass is 196 g/mol. The van der Waals surface area contributed by atoms with Crippen molar-refractivity contribution in [2.45, 2.75) is 24.2 Å². The molecule has 0 saturated carbocycles. The molecule has 0 spiro atoms. The first-order valence-corrected chi connectivity index (χ1v) is 3.38. The summed E-state index contributed by atoms with van der Waals surface area (Å²) in [6, 6.07) is 0. The van der Waals surface area contributed by atoms with Gasteiger partial charge in [0.15, 0.2) is 4.30 Å². The van der Waals surface area contributed by atoms with Gasteiger partial charge in [-0.05, 0) is 13.8 Å². The normalized spacial score (nSPS) is 8.00. The second-order valence-corrected chi connectivity index (χ2v) is 3.32. The van der Waals surface area contributed by atoms with Crippen molar-refractivity contribution < 1.29 is 10.6 Å². The van der Waals surface area contributed by atoms with Gasteiger partial charge in [-0.1, -0.05) is 34.8 Å². The lowest BCUT2D eigenvalue weighted by molar-refractivity contribution is 0.216. The van der Waals surface area contributed by atoms with E-state index in [2.05, 4.69) is 0 Å². The number of hydrogen-bond donors (Lipinski definition) is 1. The minimum atomic E-state index is -0.750. The van der Waals surface area contributed by atoms with Crippen LogP contribution in [0.3, 0.4) is 0 Å². The van der Waals surface area contributed by atoms with Crippen LogP contribution in [-0.4, -0.2) is 21.0 Å². The third-order valence-corrected chi connectivity index (χ3v) is 0. The van der Waals surface area contributed by atoms with E-state index in [1.807, 2.05) is 0 Å². The van der Waals surface area contributed by atoms with E-state index in [9.17, 15) is 0 Å². The summed E-state index contributed by atoms with van der Waals surface area (Å²) < 4.78 is -0.750. The van der Waals surface area contributed by atoms with Crippen molar-refractivity contribution in [2.75, 3.05) is 0 Å². The average Bonchev–Trinajstić information content (AvgIpc) is 1.25. The third-order valence-electron chi connectivity index (χ3n) is 0. The molecule has 0 aliphatic heterocycles. The topological polar surface area (TPSA) is 51.7 Å². The number of halogens is 3. The molecule has 0 rings (SSSR count). The van der Waals surface area contributed by atoms with Crippen molar-refractivity contribution in [3.05, 3.63) is 0 Å². The minimum absolute atomic E-state index is 0. The SMILES string of the molecule is CC(C)O.ClC(Cl)Cl.O. The smallest absolute Gasteiger partial charge is 0.180 e. The van der Waals surface area contributed by atoms with E-state index in [-0.39, 0.29) is 11.6 Å². The molecule has 0 radical (unpaired) electrons. The second kappa shape index (κ2) is 11.6. The van der Waals surface area contributed by atoms with E-state index < -0.39 is 4.30 Å². The molecule has 0 bridgehead atoms. The molecular weight excluding hydrogens is 186 g/mol. The molecule has 2 nitrogen and oxygen atoms in total. The molecule has 0 aliphatic rings. The molecule has 3 N–H and O–H groups in total. The van der Waals surface area contributed by atoms with Crippen LogP contribution in [0, 0.1) is 0 Å². The van der Waals surface area contributed by atoms with Gasteiger partial charge in [-0.25, -0.2) is 0 Å². The van der Waals surface area contributed by atoms with E-state index >= 15 is 0 Å². The molecule has 0 aromatic rings. The van der Waals surface area contributed by atoms with E-state index in [0.29, 0.717) is 0 Å². The Kier molecular flexibility index (Phi) is 21.1. The molecule has 0 heterocycles. The molecule has 0 aromatic carbocycles. The van der Waals surface area contributed by atoms with Gasteiger partial charge in [-0.2, -0.15) is 0 Å². The highest BCUT2D eigenvalue weighted by atomic mass is 35.6. The molecule has 0 saturated heterocycles. The van der Waals surface area contributed by atoms with Gasteiger partial charge >= 0.3 is 0 Å². The van der Waals surface area contributed by atoms with Crippen LogP contribution in [0.2, 0.25) is 0 Å². The van der Waals surface area contributed by atoms with Crippen molar-refractivity contribution in [3.8, 4) is 0 Å². The lowest BCUT2D eigenvalue weighted by Crippen LogP contribution is -1.85. The van der Waals surface area contributed by atoms with Crippen LogP contribution in [0.5, 0.6) is 0 Å². The van der Waals surface area contributed by atoms with Gasteiger partial charge in [0.05, 0.1) is 0 Å². The number of aliphatic hydroxyl groups is 1. The van der Waals surface area contributed by atoms with Gasteiger partial charge in [0.2, 0.25) is 0 Å². The molecule has 0 fully saturated rings. The number of hydrogen-bond acceptors (Lipinski definition) is 1. The van der Waals surface area contributed by atoms with Crippen LogP contribution >= 0.6 is 34.8 Å². The zero-order chi connectivity index (χ0) is 7.15. The fourth-order valence-corrected chi connectivity index (χ4v) is 0. The number of alkyl halides is 3. The van der Waals surface area contributed by atoms with Crippen LogP contribution in [0.1, 0.15) is 13.8 Å². The van der Waals surface area contributed by atoms with Crippen LogP contribution < -0.4 is 0 Å². The van der Waals surface area contributed by atoms with Crippen LogP contribution in [0.25, 0.3) is 0 Å². The Labute approximate surface area is 70.0 Å². The van der Waals surface area contributed by atoms with Crippen molar-refractivity contribution in [2.24, 2.45) is 0 Å². The molecule has 0 amide bonds. The third kappa shape index (κ3) is 649. The van der Waals surface area contributed by atoms with Crippen LogP contribution in [0.4, 0.5) is 0 Å². The predicted molar refractivity (Wildman–Crippen MR) is 42.3 cm³/mol. The van der Waals surface area contributed by atoms with Crippen molar-refractivity contribution >= 4 is 34.8 Å². The van der Waals surface area contributed by atoms with Gasteiger partial charge in [-0.3, -0.25) is 0 Å².